The predicted molar refractivity (Wildman–Crippen MR) is 163 cm³/mol. The van der Waals surface area contributed by atoms with Gasteiger partial charge in [-0.3, -0.25) is 14.4 Å². The molecule has 10 heteroatoms. The Kier molecular flexibility index (Phi) is 11.4. The van der Waals surface area contributed by atoms with Crippen LogP contribution in [0.1, 0.15) is 92.2 Å². The molecule has 1 aromatic heterocycles. The van der Waals surface area contributed by atoms with Crippen LogP contribution in [0.4, 0.5) is 4.79 Å². The van der Waals surface area contributed by atoms with Crippen LogP contribution in [0.2, 0.25) is 0 Å². The lowest BCUT2D eigenvalue weighted by Crippen LogP contribution is -2.50. The molecular weight excluding hydrogens is 536 g/mol. The number of hydrogen-bond acceptors (Lipinski definition) is 6. The number of nitrogens with one attached hydrogen (secondary N) is 1. The number of aliphatic hydroxyl groups is 1. The van der Waals surface area contributed by atoms with Crippen LogP contribution in [0.25, 0.3) is 10.9 Å². The Balaban J connectivity index is 1.86. The van der Waals surface area contributed by atoms with Gasteiger partial charge in [0.25, 0.3) is 0 Å². The smallest absolute Gasteiger partial charge is 0.409 e. The Morgan fingerprint density at radius 1 is 1.24 bits per heavy atom. The van der Waals surface area contributed by atoms with E-state index in [9.17, 15) is 19.8 Å². The highest BCUT2D eigenvalue weighted by Crippen LogP contribution is 2.40. The molecule has 10 nitrogen and oxygen atoms in total. The van der Waals surface area contributed by atoms with Crippen molar-refractivity contribution in [3.8, 4) is 0 Å². The Morgan fingerprint density at radius 2 is 1.95 bits per heavy atom. The van der Waals surface area contributed by atoms with E-state index in [2.05, 4.69) is 17.3 Å². The van der Waals surface area contributed by atoms with Gasteiger partial charge in [-0.05, 0) is 56.6 Å². The van der Waals surface area contributed by atoms with E-state index in [1.807, 2.05) is 56.8 Å². The normalized spacial score (nSPS) is 20.3. The first kappa shape index (κ1) is 33.8. The first-order valence-electron chi connectivity index (χ1n) is 15.3. The number of amides is 2. The molecular formula is C32H52N4O6. The molecule has 3 rings (SSSR count). The number of nitrogens with zero attached hydrogens (tertiary/aromatic N) is 3. The van der Waals surface area contributed by atoms with Gasteiger partial charge < -0.3 is 25.0 Å². The zero-order valence-electron chi connectivity index (χ0n) is 26.7. The number of aromatic nitrogens is 2. The second-order valence-corrected chi connectivity index (χ2v) is 13.1. The van der Waals surface area contributed by atoms with Gasteiger partial charge in [0.05, 0.1) is 30.0 Å². The number of aliphatic hydroxyl groups excluding tert-OH is 1. The van der Waals surface area contributed by atoms with E-state index >= 15 is 0 Å². The van der Waals surface area contributed by atoms with E-state index in [1.54, 1.807) is 21.0 Å². The van der Waals surface area contributed by atoms with Crippen molar-refractivity contribution in [2.24, 2.45) is 17.3 Å². The Morgan fingerprint density at radius 3 is 2.57 bits per heavy atom. The van der Waals surface area contributed by atoms with Gasteiger partial charge in [-0.15, -0.1) is 0 Å². The van der Waals surface area contributed by atoms with Crippen LogP contribution in [-0.2, 0) is 20.8 Å². The lowest BCUT2D eigenvalue weighted by molar-refractivity contribution is -0.131. The maximum Gasteiger partial charge on any atom is 0.409 e. The molecule has 0 radical (unpaired) electrons. The lowest BCUT2D eigenvalue weighted by atomic mass is 9.80. The minimum Gasteiger partial charge on any atom is -0.465 e. The molecule has 1 aliphatic rings. The van der Waals surface area contributed by atoms with E-state index in [1.165, 1.54) is 4.90 Å². The fourth-order valence-corrected chi connectivity index (χ4v) is 6.14. The van der Waals surface area contributed by atoms with Crippen molar-refractivity contribution in [1.82, 2.24) is 20.0 Å². The average Bonchev–Trinajstić information content (AvgIpc) is 3.44. The Labute approximate surface area is 250 Å². The summed E-state index contributed by atoms with van der Waals surface area (Å²) < 4.78 is 13.4. The molecule has 2 aromatic rings. The van der Waals surface area contributed by atoms with Crippen molar-refractivity contribution in [1.29, 1.82) is 0 Å². The predicted octanol–water partition coefficient (Wildman–Crippen LogP) is 5.58. The highest BCUT2D eigenvalue weighted by Gasteiger charge is 2.51. The molecule has 4 atom stereocenters. The maximum absolute atomic E-state index is 13.1. The monoisotopic (exact) mass is 588 g/mol. The zero-order chi connectivity index (χ0) is 31.2. The topological polar surface area (TPSA) is 126 Å². The van der Waals surface area contributed by atoms with Crippen molar-refractivity contribution in [3.05, 3.63) is 30.0 Å². The maximum atomic E-state index is 13.1. The van der Waals surface area contributed by atoms with Crippen LogP contribution < -0.4 is 5.32 Å². The number of carboxylic acid groups (broad SMARTS) is 1. The molecule has 1 fully saturated rings. The number of aryl methyl sites for hydroxylation is 1. The van der Waals surface area contributed by atoms with Crippen molar-refractivity contribution >= 4 is 22.9 Å². The van der Waals surface area contributed by atoms with Gasteiger partial charge in [-0.2, -0.15) is 5.10 Å². The third kappa shape index (κ3) is 7.82. The van der Waals surface area contributed by atoms with Gasteiger partial charge in [0, 0.05) is 37.6 Å². The summed E-state index contributed by atoms with van der Waals surface area (Å²) in [4.78, 5) is 26.9. The van der Waals surface area contributed by atoms with Crippen molar-refractivity contribution in [3.63, 3.8) is 0 Å². The summed E-state index contributed by atoms with van der Waals surface area (Å²) in [6, 6.07) is 5.32. The summed E-state index contributed by atoms with van der Waals surface area (Å²) in [6.45, 7) is 15.1. The van der Waals surface area contributed by atoms with E-state index < -0.39 is 35.5 Å². The van der Waals surface area contributed by atoms with Crippen LogP contribution >= 0.6 is 0 Å². The van der Waals surface area contributed by atoms with Crippen LogP contribution in [-0.4, -0.2) is 75.0 Å². The number of benzene rings is 1. The van der Waals surface area contributed by atoms with E-state index in [-0.39, 0.29) is 24.3 Å². The van der Waals surface area contributed by atoms with Crippen LogP contribution in [0.15, 0.2) is 24.4 Å². The highest BCUT2D eigenvalue weighted by molar-refractivity contribution is 5.82. The molecule has 0 aliphatic carbocycles. The standard InChI is InChI=1S/C32H52N4O6/c1-9-10-14-31(4,5)29(38)33-20-27-26(36(30(39)40)32(6,7)42-27)18-24(21(2)3)28(37)22-12-13-23-19-34-35(25(23)17-22)15-11-16-41-8/h12-13,17,19,21,24,26-28,37H,9-11,14-16,18,20H2,1-8H3,(H,33,38)(H,39,40)/t24?,26?,27?,28-/m1/s1. The molecule has 0 saturated carbocycles. The number of rotatable bonds is 15. The molecule has 1 aliphatic heterocycles. The number of carbonyl (C=O) groups excluding carboxylic acids is 1. The van der Waals surface area contributed by atoms with Gasteiger partial charge in [-0.1, -0.05) is 59.6 Å². The fraction of sp³-hybridized carbons (Fsp3) is 0.719. The van der Waals surface area contributed by atoms with Gasteiger partial charge in [-0.25, -0.2) is 4.79 Å². The second-order valence-electron chi connectivity index (χ2n) is 13.1. The zero-order valence-corrected chi connectivity index (χ0v) is 26.7. The number of hydrogen-bond donors (Lipinski definition) is 3. The number of methoxy groups -OCH3 is 1. The third-order valence-corrected chi connectivity index (χ3v) is 8.72. The Hall–Kier alpha value is -2.69. The average molecular weight is 589 g/mol. The molecule has 236 valence electrons. The number of ether oxygens (including phenoxy) is 2. The van der Waals surface area contributed by atoms with Gasteiger partial charge in [0.15, 0.2) is 0 Å². The first-order chi connectivity index (χ1) is 19.7. The largest absolute Gasteiger partial charge is 0.465 e. The van der Waals surface area contributed by atoms with E-state index in [0.29, 0.717) is 19.6 Å². The summed E-state index contributed by atoms with van der Waals surface area (Å²) >= 11 is 0. The quantitative estimate of drug-likeness (QED) is 0.232. The number of fused-ring (bicyclic) bond motifs is 1. The summed E-state index contributed by atoms with van der Waals surface area (Å²) in [7, 11) is 1.68. The summed E-state index contributed by atoms with van der Waals surface area (Å²) in [5, 5.41) is 30.5. The van der Waals surface area contributed by atoms with Crippen LogP contribution in [0.5, 0.6) is 0 Å². The van der Waals surface area contributed by atoms with Crippen molar-refractivity contribution in [2.75, 3.05) is 20.3 Å². The molecule has 0 bridgehead atoms. The van der Waals surface area contributed by atoms with Crippen LogP contribution in [0.3, 0.4) is 0 Å². The molecule has 3 unspecified atom stereocenters. The fourth-order valence-electron chi connectivity index (χ4n) is 6.14. The lowest BCUT2D eigenvalue weighted by Gasteiger charge is -2.35. The SMILES string of the molecule is CCCCC(C)(C)C(=O)NCC1OC(C)(C)N(C(=O)O)C1CC(C(C)C)[C@H](O)c1ccc2cnn(CCCOC)c2c1. The minimum absolute atomic E-state index is 0.0462. The van der Waals surface area contributed by atoms with Gasteiger partial charge in [0.2, 0.25) is 5.91 Å². The first-order valence-corrected chi connectivity index (χ1v) is 15.3. The number of unbranched alkanes of at least 4 members (excludes halogenated alkanes) is 1. The highest BCUT2D eigenvalue weighted by atomic mass is 16.6. The summed E-state index contributed by atoms with van der Waals surface area (Å²) in [5.41, 5.74) is 0.0903. The van der Waals surface area contributed by atoms with Crippen molar-refractivity contribution in [2.45, 2.75) is 111 Å². The second kappa shape index (κ2) is 14.2. The number of carbonyl (C=O) groups is 2. The summed E-state index contributed by atoms with van der Waals surface area (Å²) in [6.07, 6.45) is 3.28. The summed E-state index contributed by atoms with van der Waals surface area (Å²) in [5.74, 6) is -0.290. The molecule has 2 heterocycles. The third-order valence-electron chi connectivity index (χ3n) is 8.72. The van der Waals surface area contributed by atoms with E-state index in [4.69, 9.17) is 9.47 Å². The molecule has 0 spiro atoms. The molecule has 1 saturated heterocycles. The van der Waals surface area contributed by atoms with Gasteiger partial charge in [0.1, 0.15) is 5.72 Å². The Bertz CT molecular complexity index is 1190. The van der Waals surface area contributed by atoms with Crippen molar-refractivity contribution < 1.29 is 29.3 Å². The van der Waals surface area contributed by atoms with E-state index in [0.717, 1.165) is 42.1 Å². The molecule has 2 amide bonds. The minimum atomic E-state index is -1.08. The molecule has 1 aromatic carbocycles. The van der Waals surface area contributed by atoms with Gasteiger partial charge >= 0.3 is 6.09 Å². The van der Waals surface area contributed by atoms with Crippen LogP contribution in [0, 0.1) is 17.3 Å². The molecule has 42 heavy (non-hydrogen) atoms. The molecule has 3 N–H and O–H groups in total.